The predicted octanol–water partition coefficient (Wildman–Crippen LogP) is -0.670. The Morgan fingerprint density at radius 2 is 1.33 bits per heavy atom. The molecule has 0 saturated carbocycles. The lowest BCUT2D eigenvalue weighted by Gasteiger charge is -1.80. The summed E-state index contributed by atoms with van der Waals surface area (Å²) in [6.07, 6.45) is 5.88. The molecule has 0 unspecified atom stereocenters. The predicted molar refractivity (Wildman–Crippen MR) is 69.3 cm³/mol. The summed E-state index contributed by atoms with van der Waals surface area (Å²) in [5.74, 6) is 0.600. The van der Waals surface area contributed by atoms with Crippen molar-refractivity contribution in [3.8, 4) is 0 Å². The number of nitrogens with zero attached hydrogens (tertiary/aromatic N) is 11. The van der Waals surface area contributed by atoms with E-state index in [9.17, 15) is 0 Å². The minimum atomic E-state index is 0.600. The van der Waals surface area contributed by atoms with E-state index in [0.29, 0.717) is 5.82 Å². The van der Waals surface area contributed by atoms with Crippen molar-refractivity contribution in [1.29, 1.82) is 0 Å². The van der Waals surface area contributed by atoms with E-state index in [1.807, 2.05) is 13.8 Å². The molecule has 0 aromatic carbocycles. The van der Waals surface area contributed by atoms with Crippen LogP contribution < -0.4 is 0 Å². The third-order valence-electron chi connectivity index (χ3n) is 1.67. The van der Waals surface area contributed by atoms with E-state index in [0.717, 1.165) is 11.4 Å². The Kier molecular flexibility index (Phi) is 7.42. The number of hydrogen-bond acceptors (Lipinski definition) is 11. The van der Waals surface area contributed by atoms with E-state index < -0.39 is 0 Å². The first kappa shape index (κ1) is 15.9. The van der Waals surface area contributed by atoms with Gasteiger partial charge >= 0.3 is 0 Å². The summed E-state index contributed by atoms with van der Waals surface area (Å²) < 4.78 is 0. The Morgan fingerprint density at radius 3 is 1.62 bits per heavy atom. The van der Waals surface area contributed by atoms with Gasteiger partial charge in [-0.2, -0.15) is 5.10 Å². The molecular formula is C10H13N11. The minimum Gasteiger partial charge on any atom is -0.238 e. The average Bonchev–Trinajstić information content (AvgIpc) is 2.51. The van der Waals surface area contributed by atoms with E-state index >= 15 is 0 Å². The van der Waals surface area contributed by atoms with Gasteiger partial charge in [0.1, 0.15) is 6.33 Å². The van der Waals surface area contributed by atoms with Crippen LogP contribution in [0.3, 0.4) is 0 Å². The number of aromatic nitrogens is 11. The van der Waals surface area contributed by atoms with Gasteiger partial charge in [-0.15, -0.1) is 35.7 Å². The summed E-state index contributed by atoms with van der Waals surface area (Å²) in [5, 5.41) is 34.6. The molecule has 0 fully saturated rings. The highest BCUT2D eigenvalue weighted by Crippen LogP contribution is 1.78. The zero-order valence-corrected chi connectivity index (χ0v) is 11.7. The molecule has 11 heteroatoms. The molecule has 0 bridgehead atoms. The number of rotatable bonds is 0. The molecule has 0 amide bonds. The first-order valence-corrected chi connectivity index (χ1v) is 5.72. The lowest BCUT2D eigenvalue weighted by atomic mass is 10.6. The Morgan fingerprint density at radius 1 is 0.619 bits per heavy atom. The lowest BCUT2D eigenvalue weighted by Crippen LogP contribution is -1.90. The minimum absolute atomic E-state index is 0.600. The van der Waals surface area contributed by atoms with Gasteiger partial charge in [0, 0.05) is 0 Å². The van der Waals surface area contributed by atoms with Crippen molar-refractivity contribution in [3.63, 3.8) is 0 Å². The third-order valence-corrected chi connectivity index (χ3v) is 1.67. The summed E-state index contributed by atoms with van der Waals surface area (Å²) in [7, 11) is 0. The summed E-state index contributed by atoms with van der Waals surface area (Å²) in [6, 6.07) is 0. The van der Waals surface area contributed by atoms with Crippen molar-refractivity contribution in [2.75, 3.05) is 0 Å². The van der Waals surface area contributed by atoms with Crippen LogP contribution in [0.4, 0.5) is 0 Å². The van der Waals surface area contributed by atoms with Gasteiger partial charge in [0.05, 0.1) is 23.8 Å². The van der Waals surface area contributed by atoms with E-state index in [4.69, 9.17) is 0 Å². The summed E-state index contributed by atoms with van der Waals surface area (Å²) in [4.78, 5) is 3.81. The average molecular weight is 287 g/mol. The van der Waals surface area contributed by atoms with E-state index in [1.54, 1.807) is 19.3 Å². The highest BCUT2D eigenvalue weighted by atomic mass is 15.4. The van der Waals surface area contributed by atoms with Gasteiger partial charge in [0.15, 0.2) is 12.2 Å². The highest BCUT2D eigenvalue weighted by molar-refractivity contribution is 4.84. The molecule has 3 rings (SSSR count). The fourth-order valence-corrected chi connectivity index (χ4v) is 0.808. The van der Waals surface area contributed by atoms with E-state index in [-0.39, 0.29) is 0 Å². The zero-order valence-electron chi connectivity index (χ0n) is 11.7. The van der Waals surface area contributed by atoms with Crippen LogP contribution in [0.15, 0.2) is 25.0 Å². The van der Waals surface area contributed by atoms with Crippen LogP contribution >= 0.6 is 0 Å². The molecule has 11 nitrogen and oxygen atoms in total. The smallest absolute Gasteiger partial charge is 0.170 e. The maximum absolute atomic E-state index is 3.81. The van der Waals surface area contributed by atoms with Gasteiger partial charge in [0.25, 0.3) is 0 Å². The standard InChI is InChI=1S/C4H5N3.2C3H4N4/c1-4-2-6-7-3-5-4;1-3-6-4-2-5-7-3;1-3-2-4-6-7-5-3/h2-3H,1H3;2*2H,1H3. The summed E-state index contributed by atoms with van der Waals surface area (Å²) >= 11 is 0. The number of hydrogen-bond donors (Lipinski definition) is 0. The van der Waals surface area contributed by atoms with Gasteiger partial charge in [-0.3, -0.25) is 0 Å². The summed E-state index contributed by atoms with van der Waals surface area (Å²) in [6.45, 7) is 5.41. The SMILES string of the molecule is Cc1cnncn1.Cc1cnnnn1.Cc1nncnn1. The molecule has 0 spiro atoms. The van der Waals surface area contributed by atoms with Gasteiger partial charge in [-0.05, 0) is 31.2 Å². The van der Waals surface area contributed by atoms with Crippen molar-refractivity contribution in [2.45, 2.75) is 20.8 Å². The van der Waals surface area contributed by atoms with Crippen LogP contribution in [-0.2, 0) is 0 Å². The Labute approximate surface area is 120 Å². The molecule has 0 aliphatic carbocycles. The van der Waals surface area contributed by atoms with Crippen LogP contribution in [0, 0.1) is 20.8 Å². The Bertz CT molecular complexity index is 500. The van der Waals surface area contributed by atoms with Crippen LogP contribution in [-0.4, -0.2) is 56.2 Å². The first-order chi connectivity index (χ1) is 10.2. The highest BCUT2D eigenvalue weighted by Gasteiger charge is 1.78. The Hall–Kier alpha value is -3.11. The molecule has 21 heavy (non-hydrogen) atoms. The van der Waals surface area contributed by atoms with Crippen LogP contribution in [0.25, 0.3) is 0 Å². The van der Waals surface area contributed by atoms with Gasteiger partial charge in [-0.25, -0.2) is 4.98 Å². The third kappa shape index (κ3) is 8.58. The van der Waals surface area contributed by atoms with E-state index in [1.165, 1.54) is 12.7 Å². The van der Waals surface area contributed by atoms with Crippen molar-refractivity contribution in [1.82, 2.24) is 56.2 Å². The van der Waals surface area contributed by atoms with Gasteiger partial charge < -0.3 is 0 Å². The molecule has 3 aromatic rings. The monoisotopic (exact) mass is 287 g/mol. The van der Waals surface area contributed by atoms with Crippen molar-refractivity contribution < 1.29 is 0 Å². The van der Waals surface area contributed by atoms with Crippen molar-refractivity contribution in [2.24, 2.45) is 0 Å². The molecule has 3 aromatic heterocycles. The normalized spacial score (nSPS) is 8.71. The van der Waals surface area contributed by atoms with Crippen LogP contribution in [0.5, 0.6) is 0 Å². The molecule has 0 saturated heterocycles. The molecule has 0 radical (unpaired) electrons. The van der Waals surface area contributed by atoms with Gasteiger partial charge in [0.2, 0.25) is 0 Å². The molecule has 0 N–H and O–H groups in total. The van der Waals surface area contributed by atoms with Crippen LogP contribution in [0.2, 0.25) is 0 Å². The van der Waals surface area contributed by atoms with Crippen molar-refractivity contribution >= 4 is 0 Å². The second-order valence-electron chi connectivity index (χ2n) is 3.50. The lowest BCUT2D eigenvalue weighted by molar-refractivity contribution is 0.742. The molecule has 0 atom stereocenters. The Balaban J connectivity index is 0.000000157. The largest absolute Gasteiger partial charge is 0.238 e. The topological polar surface area (TPSA) is 142 Å². The fraction of sp³-hybridized carbons (Fsp3) is 0.300. The van der Waals surface area contributed by atoms with Crippen LogP contribution in [0.1, 0.15) is 17.2 Å². The molecular weight excluding hydrogens is 274 g/mol. The second-order valence-corrected chi connectivity index (χ2v) is 3.50. The quantitative estimate of drug-likeness (QED) is 0.519. The number of aryl methyl sites for hydroxylation is 3. The molecule has 0 aliphatic heterocycles. The van der Waals surface area contributed by atoms with Crippen molar-refractivity contribution in [3.05, 3.63) is 42.3 Å². The first-order valence-electron chi connectivity index (χ1n) is 5.72. The molecule has 0 aliphatic rings. The maximum atomic E-state index is 3.81. The maximum Gasteiger partial charge on any atom is 0.170 e. The van der Waals surface area contributed by atoms with Gasteiger partial charge in [-0.1, -0.05) is 0 Å². The fourth-order valence-electron chi connectivity index (χ4n) is 0.808. The second kappa shape index (κ2) is 9.77. The summed E-state index contributed by atoms with van der Waals surface area (Å²) in [5.41, 5.74) is 1.69. The molecule has 3 heterocycles. The molecule has 108 valence electrons. The van der Waals surface area contributed by atoms with E-state index in [2.05, 4.69) is 56.2 Å². The zero-order chi connectivity index (χ0) is 15.3.